The highest BCUT2D eigenvalue weighted by molar-refractivity contribution is 7.15. The van der Waals surface area contributed by atoms with Crippen molar-refractivity contribution in [3.8, 4) is 0 Å². The van der Waals surface area contributed by atoms with Crippen molar-refractivity contribution in [3.05, 3.63) is 46.2 Å². The molecule has 0 saturated heterocycles. The van der Waals surface area contributed by atoms with Crippen molar-refractivity contribution in [2.45, 2.75) is 13.8 Å². The molecule has 1 N–H and O–H groups in total. The van der Waals surface area contributed by atoms with Crippen molar-refractivity contribution < 1.29 is 4.39 Å². The maximum Gasteiger partial charge on any atom is 0.203 e. The highest BCUT2D eigenvalue weighted by Gasteiger charge is 2.00. The second-order valence-electron chi connectivity index (χ2n) is 3.58. The number of hydrogen-bond donors (Lipinski definition) is 1. The Morgan fingerprint density at radius 3 is 2.59 bits per heavy atom. The molecule has 2 aromatic rings. The Labute approximate surface area is 103 Å². The lowest BCUT2D eigenvalue weighted by Crippen LogP contribution is -1.90. The van der Waals surface area contributed by atoms with Crippen LogP contribution < -0.4 is 5.43 Å². The van der Waals surface area contributed by atoms with E-state index in [0.717, 1.165) is 16.4 Å². The Balaban J connectivity index is 2.00. The molecule has 88 valence electrons. The van der Waals surface area contributed by atoms with Gasteiger partial charge in [0.05, 0.1) is 11.9 Å². The number of halogens is 1. The highest BCUT2D eigenvalue weighted by atomic mass is 32.1. The monoisotopic (exact) mass is 249 g/mol. The van der Waals surface area contributed by atoms with E-state index in [4.69, 9.17) is 0 Å². The maximum absolute atomic E-state index is 12.7. The van der Waals surface area contributed by atoms with Crippen LogP contribution in [-0.2, 0) is 0 Å². The smallest absolute Gasteiger partial charge is 0.203 e. The van der Waals surface area contributed by atoms with Gasteiger partial charge >= 0.3 is 0 Å². The number of aryl methyl sites for hydroxylation is 2. The molecule has 0 amide bonds. The Morgan fingerprint density at radius 2 is 2.00 bits per heavy atom. The topological polar surface area (TPSA) is 37.3 Å². The van der Waals surface area contributed by atoms with E-state index >= 15 is 0 Å². The van der Waals surface area contributed by atoms with Crippen LogP contribution in [0.2, 0.25) is 0 Å². The van der Waals surface area contributed by atoms with Crippen molar-refractivity contribution in [1.82, 2.24) is 4.98 Å². The fourth-order valence-electron chi connectivity index (χ4n) is 1.23. The molecule has 1 aromatic carbocycles. The lowest BCUT2D eigenvalue weighted by Gasteiger charge is -1.94. The molecular weight excluding hydrogens is 237 g/mol. The summed E-state index contributed by atoms with van der Waals surface area (Å²) in [5.41, 5.74) is 4.70. The van der Waals surface area contributed by atoms with Crippen LogP contribution in [0.5, 0.6) is 0 Å². The first kappa shape index (κ1) is 11.7. The van der Waals surface area contributed by atoms with Crippen molar-refractivity contribution >= 4 is 22.7 Å². The molecule has 0 spiro atoms. The number of nitrogens with zero attached hydrogens (tertiary/aromatic N) is 2. The molecule has 0 atom stereocenters. The van der Waals surface area contributed by atoms with Crippen LogP contribution in [0.1, 0.15) is 16.1 Å². The summed E-state index contributed by atoms with van der Waals surface area (Å²) in [5, 5.41) is 4.81. The summed E-state index contributed by atoms with van der Waals surface area (Å²) in [4.78, 5) is 5.46. The Hall–Kier alpha value is -1.75. The average Bonchev–Trinajstić information content (AvgIpc) is 2.61. The largest absolute Gasteiger partial charge is 0.253 e. The van der Waals surface area contributed by atoms with Crippen molar-refractivity contribution in [1.29, 1.82) is 0 Å². The maximum atomic E-state index is 12.7. The van der Waals surface area contributed by atoms with Crippen LogP contribution in [0.4, 0.5) is 9.52 Å². The lowest BCUT2D eigenvalue weighted by molar-refractivity contribution is 0.628. The second kappa shape index (κ2) is 5.05. The first-order valence-electron chi connectivity index (χ1n) is 5.14. The van der Waals surface area contributed by atoms with Crippen LogP contribution in [0.15, 0.2) is 29.4 Å². The van der Waals surface area contributed by atoms with Gasteiger partial charge in [0.1, 0.15) is 5.82 Å². The zero-order valence-corrected chi connectivity index (χ0v) is 10.4. The van der Waals surface area contributed by atoms with E-state index in [1.165, 1.54) is 17.0 Å². The molecule has 2 rings (SSSR count). The van der Waals surface area contributed by atoms with Crippen molar-refractivity contribution in [2.75, 3.05) is 5.43 Å². The van der Waals surface area contributed by atoms with Crippen LogP contribution in [0, 0.1) is 19.7 Å². The van der Waals surface area contributed by atoms with Gasteiger partial charge in [-0.05, 0) is 31.5 Å². The summed E-state index contributed by atoms with van der Waals surface area (Å²) in [6, 6.07) is 6.13. The Kier molecular flexibility index (Phi) is 3.49. The Bertz CT molecular complexity index is 512. The molecule has 0 bridgehead atoms. The van der Waals surface area contributed by atoms with E-state index in [0.29, 0.717) is 0 Å². The molecule has 0 saturated carbocycles. The number of hydrogen-bond acceptors (Lipinski definition) is 4. The molecule has 0 aliphatic carbocycles. The number of rotatable bonds is 3. The zero-order chi connectivity index (χ0) is 12.3. The van der Waals surface area contributed by atoms with E-state index in [1.54, 1.807) is 29.7 Å². The minimum atomic E-state index is -0.249. The van der Waals surface area contributed by atoms with Crippen molar-refractivity contribution in [3.63, 3.8) is 0 Å². The number of hydrazone groups is 1. The van der Waals surface area contributed by atoms with Gasteiger partial charge in [0.15, 0.2) is 0 Å². The molecule has 0 aliphatic rings. The molecule has 1 aromatic heterocycles. The number of aromatic nitrogens is 1. The standard InChI is InChI=1S/C12H12FN3S/c1-8-9(2)17-12(15-8)16-14-7-10-3-5-11(13)6-4-10/h3-7H,1-2H3,(H,15,16)/b14-7-. The molecule has 1 heterocycles. The third-order valence-electron chi connectivity index (χ3n) is 2.27. The zero-order valence-electron chi connectivity index (χ0n) is 9.57. The minimum Gasteiger partial charge on any atom is -0.253 e. The fraction of sp³-hybridized carbons (Fsp3) is 0.167. The fourth-order valence-corrected chi connectivity index (χ4v) is 2.00. The molecule has 0 fully saturated rings. The minimum absolute atomic E-state index is 0.249. The summed E-state index contributed by atoms with van der Waals surface area (Å²) in [5.74, 6) is -0.249. The molecule has 0 aliphatic heterocycles. The van der Waals surface area contributed by atoms with Gasteiger partial charge in [-0.1, -0.05) is 12.1 Å². The van der Waals surface area contributed by atoms with Gasteiger partial charge in [0.25, 0.3) is 0 Å². The third-order valence-corrected chi connectivity index (χ3v) is 3.25. The molecule has 0 unspecified atom stereocenters. The van der Waals surface area contributed by atoms with Gasteiger partial charge in [0, 0.05) is 4.88 Å². The normalized spacial score (nSPS) is 11.0. The van der Waals surface area contributed by atoms with Crippen molar-refractivity contribution in [2.24, 2.45) is 5.10 Å². The van der Waals surface area contributed by atoms with Crippen LogP contribution >= 0.6 is 11.3 Å². The van der Waals surface area contributed by atoms with Crippen LogP contribution in [0.3, 0.4) is 0 Å². The summed E-state index contributed by atoms with van der Waals surface area (Å²) in [6.45, 7) is 3.97. The SMILES string of the molecule is Cc1nc(N/N=C\c2ccc(F)cc2)sc1C. The van der Waals surface area contributed by atoms with Gasteiger partial charge in [-0.2, -0.15) is 5.10 Å². The summed E-state index contributed by atoms with van der Waals surface area (Å²) < 4.78 is 12.7. The first-order chi connectivity index (χ1) is 8.15. The predicted molar refractivity (Wildman–Crippen MR) is 69.2 cm³/mol. The molecule has 3 nitrogen and oxygen atoms in total. The van der Waals surface area contributed by atoms with Gasteiger partial charge in [-0.25, -0.2) is 9.37 Å². The second-order valence-corrected chi connectivity index (χ2v) is 4.79. The van der Waals surface area contributed by atoms with E-state index < -0.39 is 0 Å². The van der Waals surface area contributed by atoms with Gasteiger partial charge in [-0.3, -0.25) is 5.43 Å². The number of benzene rings is 1. The third kappa shape index (κ3) is 3.10. The van der Waals surface area contributed by atoms with Crippen LogP contribution in [-0.4, -0.2) is 11.2 Å². The van der Waals surface area contributed by atoms with E-state index in [-0.39, 0.29) is 5.82 Å². The van der Waals surface area contributed by atoms with E-state index in [9.17, 15) is 4.39 Å². The summed E-state index contributed by atoms with van der Waals surface area (Å²) in [6.07, 6.45) is 1.63. The molecule has 5 heteroatoms. The van der Waals surface area contributed by atoms with Gasteiger partial charge in [0.2, 0.25) is 5.13 Å². The number of anilines is 1. The molecular formula is C12H12FN3S. The molecule has 17 heavy (non-hydrogen) atoms. The summed E-state index contributed by atoms with van der Waals surface area (Å²) in [7, 11) is 0. The quantitative estimate of drug-likeness (QED) is 0.669. The number of nitrogens with one attached hydrogen (secondary N) is 1. The van der Waals surface area contributed by atoms with E-state index in [2.05, 4.69) is 15.5 Å². The van der Waals surface area contributed by atoms with E-state index in [1.807, 2.05) is 13.8 Å². The predicted octanol–water partition coefficient (Wildman–Crippen LogP) is 3.35. The Morgan fingerprint density at radius 1 is 1.29 bits per heavy atom. The average molecular weight is 249 g/mol. The summed E-state index contributed by atoms with van der Waals surface area (Å²) >= 11 is 1.56. The molecule has 0 radical (unpaired) electrons. The highest BCUT2D eigenvalue weighted by Crippen LogP contribution is 2.20. The first-order valence-corrected chi connectivity index (χ1v) is 5.95. The number of thiazole rings is 1. The van der Waals surface area contributed by atoms with Gasteiger partial charge < -0.3 is 0 Å². The van der Waals surface area contributed by atoms with Gasteiger partial charge in [-0.15, -0.1) is 11.3 Å². The van der Waals surface area contributed by atoms with Crippen LogP contribution in [0.25, 0.3) is 0 Å². The lowest BCUT2D eigenvalue weighted by atomic mass is 10.2.